The molecule has 4 aliphatic carbocycles. The highest BCUT2D eigenvalue weighted by atomic mass is 15.0. The maximum atomic E-state index is 2.73. The van der Waals surface area contributed by atoms with Crippen LogP contribution in [-0.2, 0) is 19.4 Å². The molecule has 1 unspecified atom stereocenters. The number of fused-ring (bicyclic) bond motifs is 6. The van der Waals surface area contributed by atoms with Crippen LogP contribution in [0.4, 0.5) is 0 Å². The zero-order chi connectivity index (χ0) is 24.9. The van der Waals surface area contributed by atoms with E-state index in [4.69, 9.17) is 0 Å². The molecule has 8 atom stereocenters. The fourth-order valence-corrected chi connectivity index (χ4v) is 10.1. The van der Waals surface area contributed by atoms with Crippen molar-refractivity contribution in [1.29, 1.82) is 0 Å². The van der Waals surface area contributed by atoms with Crippen molar-refractivity contribution < 1.29 is 0 Å². The van der Waals surface area contributed by atoms with Crippen LogP contribution in [-0.4, -0.2) is 4.57 Å². The van der Waals surface area contributed by atoms with Crippen LogP contribution in [0, 0.1) is 52.8 Å². The van der Waals surface area contributed by atoms with Crippen molar-refractivity contribution in [3.8, 4) is 0 Å². The monoisotopic (exact) mass is 485 g/mol. The topological polar surface area (TPSA) is 4.93 Å². The van der Waals surface area contributed by atoms with Gasteiger partial charge in [-0.25, -0.2) is 0 Å². The van der Waals surface area contributed by atoms with E-state index in [2.05, 4.69) is 74.9 Å². The standard InChI is InChI=1S/C35H51N/c1-24(2)9-8-10-25(3)29-15-16-31-30(29)17-18-33-32(31)14-13-28-21-27-19-20-36(34(27)22-35(28,33)4)23-26-11-6-5-7-12-26/h5-7,11-12,19-20,24-25,28-33H,8-10,13-18,21-23H2,1-4H3/t25-,28+,29-,30?,31-,32+,33+,35+/m1/s1. The zero-order valence-electron chi connectivity index (χ0n) is 23.6. The Morgan fingerprint density at radius 1 is 0.861 bits per heavy atom. The van der Waals surface area contributed by atoms with E-state index in [1.165, 1.54) is 69.8 Å². The van der Waals surface area contributed by atoms with Gasteiger partial charge < -0.3 is 4.57 Å². The smallest absolute Gasteiger partial charge is 0.0472 e. The van der Waals surface area contributed by atoms with Gasteiger partial charge in [0, 0.05) is 18.4 Å². The molecular weight excluding hydrogens is 434 g/mol. The minimum Gasteiger partial charge on any atom is -0.347 e. The zero-order valence-corrected chi connectivity index (χ0v) is 23.6. The minimum atomic E-state index is 0.509. The summed E-state index contributed by atoms with van der Waals surface area (Å²) in [6.45, 7) is 11.2. The quantitative estimate of drug-likeness (QED) is 0.368. The lowest BCUT2D eigenvalue weighted by Gasteiger charge is -2.58. The van der Waals surface area contributed by atoms with E-state index in [0.29, 0.717) is 5.41 Å². The van der Waals surface area contributed by atoms with Gasteiger partial charge in [0.05, 0.1) is 0 Å². The average molecular weight is 486 g/mol. The summed E-state index contributed by atoms with van der Waals surface area (Å²) in [5.41, 5.74) is 5.28. The van der Waals surface area contributed by atoms with Crippen LogP contribution in [0.25, 0.3) is 0 Å². The average Bonchev–Trinajstić information content (AvgIpc) is 3.47. The summed E-state index contributed by atoms with van der Waals surface area (Å²) in [5.74, 6) is 7.79. The maximum Gasteiger partial charge on any atom is 0.0472 e. The van der Waals surface area contributed by atoms with Crippen LogP contribution in [0.1, 0.15) is 102 Å². The Balaban J connectivity index is 1.17. The van der Waals surface area contributed by atoms with Crippen molar-refractivity contribution in [3.63, 3.8) is 0 Å². The van der Waals surface area contributed by atoms with Crippen molar-refractivity contribution in [2.24, 2.45) is 52.8 Å². The van der Waals surface area contributed by atoms with Crippen molar-refractivity contribution in [3.05, 3.63) is 59.4 Å². The van der Waals surface area contributed by atoms with Crippen molar-refractivity contribution in [2.75, 3.05) is 0 Å². The van der Waals surface area contributed by atoms with Crippen LogP contribution in [0.15, 0.2) is 42.6 Å². The van der Waals surface area contributed by atoms with Gasteiger partial charge in [0.25, 0.3) is 0 Å². The maximum absolute atomic E-state index is 2.73. The summed E-state index contributed by atoms with van der Waals surface area (Å²) >= 11 is 0. The summed E-state index contributed by atoms with van der Waals surface area (Å²) in [7, 11) is 0. The molecule has 196 valence electrons. The number of rotatable bonds is 7. The third-order valence-corrected chi connectivity index (χ3v) is 12.0. The van der Waals surface area contributed by atoms with Gasteiger partial charge >= 0.3 is 0 Å². The van der Waals surface area contributed by atoms with E-state index in [9.17, 15) is 0 Å². The molecule has 0 bridgehead atoms. The number of hydrogen-bond donors (Lipinski definition) is 0. The summed E-state index contributed by atoms with van der Waals surface area (Å²) in [6.07, 6.45) is 18.5. The molecule has 0 saturated heterocycles. The summed E-state index contributed by atoms with van der Waals surface area (Å²) in [5, 5.41) is 0. The first-order valence-corrected chi connectivity index (χ1v) is 15.6. The van der Waals surface area contributed by atoms with Gasteiger partial charge in [-0.15, -0.1) is 0 Å². The molecule has 0 amide bonds. The highest BCUT2D eigenvalue weighted by Gasteiger charge is 2.56. The molecule has 1 nitrogen and oxygen atoms in total. The number of benzene rings is 1. The summed E-state index contributed by atoms with van der Waals surface area (Å²) in [4.78, 5) is 0. The number of hydrogen-bond acceptors (Lipinski definition) is 0. The molecule has 1 heterocycles. The van der Waals surface area contributed by atoms with Crippen LogP contribution in [0.2, 0.25) is 0 Å². The largest absolute Gasteiger partial charge is 0.347 e. The molecule has 1 heteroatoms. The van der Waals surface area contributed by atoms with E-state index < -0.39 is 0 Å². The molecule has 6 rings (SSSR count). The van der Waals surface area contributed by atoms with E-state index in [0.717, 1.165) is 53.9 Å². The molecule has 3 saturated carbocycles. The molecule has 1 aromatic carbocycles. The Morgan fingerprint density at radius 2 is 1.64 bits per heavy atom. The Kier molecular flexibility index (Phi) is 6.89. The van der Waals surface area contributed by atoms with Crippen LogP contribution in [0.5, 0.6) is 0 Å². The van der Waals surface area contributed by atoms with Crippen molar-refractivity contribution in [2.45, 2.75) is 105 Å². The summed E-state index contributed by atoms with van der Waals surface area (Å²) in [6, 6.07) is 13.6. The number of nitrogens with zero attached hydrogens (tertiary/aromatic N) is 1. The molecule has 0 aliphatic heterocycles. The predicted molar refractivity (Wildman–Crippen MR) is 152 cm³/mol. The molecule has 1 aromatic heterocycles. The van der Waals surface area contributed by atoms with Crippen LogP contribution >= 0.6 is 0 Å². The lowest BCUT2D eigenvalue weighted by molar-refractivity contribution is -0.0747. The van der Waals surface area contributed by atoms with Gasteiger partial charge in [-0.1, -0.05) is 77.3 Å². The molecule has 0 N–H and O–H groups in total. The Morgan fingerprint density at radius 3 is 2.44 bits per heavy atom. The normalized spacial score (nSPS) is 36.1. The second-order valence-electron chi connectivity index (χ2n) is 14.3. The Hall–Kier alpha value is -1.50. The van der Waals surface area contributed by atoms with E-state index >= 15 is 0 Å². The predicted octanol–water partition coefficient (Wildman–Crippen LogP) is 9.18. The SMILES string of the molecule is CC(C)CCC[C@@H](C)[C@H]1CC[C@@H]2C1CC[C@H]1[C@H]2CC[C@H]2Cc3ccn(Cc4ccccc4)c3C[C@@]21C. The van der Waals surface area contributed by atoms with Crippen LogP contribution < -0.4 is 0 Å². The highest BCUT2D eigenvalue weighted by molar-refractivity contribution is 5.31. The molecule has 0 radical (unpaired) electrons. The van der Waals surface area contributed by atoms with Gasteiger partial charge in [0.1, 0.15) is 0 Å². The summed E-state index contributed by atoms with van der Waals surface area (Å²) < 4.78 is 2.60. The molecule has 0 spiro atoms. The lowest BCUT2D eigenvalue weighted by atomic mass is 9.47. The van der Waals surface area contributed by atoms with Crippen LogP contribution in [0.3, 0.4) is 0 Å². The fourth-order valence-electron chi connectivity index (χ4n) is 10.1. The molecular formula is C35H51N. The fraction of sp³-hybridized carbons (Fsp3) is 0.714. The second-order valence-corrected chi connectivity index (χ2v) is 14.3. The molecule has 4 aliphatic rings. The van der Waals surface area contributed by atoms with E-state index in [1.54, 1.807) is 17.7 Å². The van der Waals surface area contributed by atoms with Gasteiger partial charge in [-0.2, -0.15) is 0 Å². The number of aromatic nitrogens is 1. The van der Waals surface area contributed by atoms with Crippen molar-refractivity contribution in [1.82, 2.24) is 4.57 Å². The first kappa shape index (κ1) is 24.8. The Bertz CT molecular complexity index is 1020. The lowest BCUT2D eigenvalue weighted by Crippen LogP contribution is -2.52. The van der Waals surface area contributed by atoms with Gasteiger partial charge in [0.2, 0.25) is 0 Å². The van der Waals surface area contributed by atoms with E-state index in [-0.39, 0.29) is 0 Å². The van der Waals surface area contributed by atoms with Gasteiger partial charge in [-0.3, -0.25) is 0 Å². The second kappa shape index (κ2) is 9.99. The van der Waals surface area contributed by atoms with E-state index in [1.807, 2.05) is 0 Å². The Labute approximate surface area is 221 Å². The molecule has 2 aromatic rings. The molecule has 3 fully saturated rings. The minimum absolute atomic E-state index is 0.509. The first-order valence-electron chi connectivity index (χ1n) is 15.6. The van der Waals surface area contributed by atoms with Gasteiger partial charge in [0.15, 0.2) is 0 Å². The third kappa shape index (κ3) is 4.41. The van der Waals surface area contributed by atoms with Gasteiger partial charge in [-0.05, 0) is 121 Å². The van der Waals surface area contributed by atoms with Crippen molar-refractivity contribution >= 4 is 0 Å². The highest BCUT2D eigenvalue weighted by Crippen LogP contribution is 2.64. The first-order chi connectivity index (χ1) is 17.4. The molecule has 36 heavy (non-hydrogen) atoms. The third-order valence-electron chi connectivity index (χ3n) is 12.0.